The number of hydrogen-bond donors (Lipinski definition) is 3. The van der Waals surface area contributed by atoms with Crippen LogP contribution in [0, 0.1) is 0 Å². The number of nitrogen functional groups attached to an aromatic ring is 1. The van der Waals surface area contributed by atoms with E-state index in [0.717, 1.165) is 0 Å². The Labute approximate surface area is 92.5 Å². The van der Waals surface area contributed by atoms with Gasteiger partial charge in [0.05, 0.1) is 18.3 Å². The second kappa shape index (κ2) is 5.11. The summed E-state index contributed by atoms with van der Waals surface area (Å²) >= 11 is 0. The first-order valence-corrected chi connectivity index (χ1v) is 4.71. The highest BCUT2D eigenvalue weighted by molar-refractivity contribution is 5.84. The molecular formula is C10H13N3O3. The summed E-state index contributed by atoms with van der Waals surface area (Å²) < 4.78 is 0. The molecule has 6 heteroatoms. The second-order valence-electron chi connectivity index (χ2n) is 3.39. The van der Waals surface area contributed by atoms with Crippen molar-refractivity contribution in [3.05, 3.63) is 24.0 Å². The van der Waals surface area contributed by atoms with Crippen LogP contribution in [-0.4, -0.2) is 28.0 Å². The van der Waals surface area contributed by atoms with E-state index in [1.54, 1.807) is 12.1 Å². The number of carbonyl (C=O) groups excluding carboxylic acids is 1. The first kappa shape index (κ1) is 12.0. The molecule has 1 heterocycles. The van der Waals surface area contributed by atoms with Crippen LogP contribution in [0.5, 0.6) is 0 Å². The van der Waals surface area contributed by atoms with Gasteiger partial charge in [-0.2, -0.15) is 0 Å². The highest BCUT2D eigenvalue weighted by Gasteiger charge is 2.14. The Morgan fingerprint density at radius 1 is 1.56 bits per heavy atom. The van der Waals surface area contributed by atoms with E-state index in [4.69, 9.17) is 10.8 Å². The van der Waals surface area contributed by atoms with E-state index in [2.05, 4.69) is 10.3 Å². The van der Waals surface area contributed by atoms with E-state index in [1.807, 2.05) is 0 Å². The molecule has 1 amide bonds. The third-order valence-corrected chi connectivity index (χ3v) is 1.94. The van der Waals surface area contributed by atoms with Gasteiger partial charge in [0.15, 0.2) is 0 Å². The van der Waals surface area contributed by atoms with Gasteiger partial charge in [-0.15, -0.1) is 0 Å². The number of anilines is 1. The van der Waals surface area contributed by atoms with Crippen LogP contribution in [0.1, 0.15) is 12.6 Å². The van der Waals surface area contributed by atoms with Crippen molar-refractivity contribution in [3.63, 3.8) is 0 Å². The average molecular weight is 223 g/mol. The molecule has 0 bridgehead atoms. The standard InChI is InChI=1S/C10H13N3O3/c1-6(10(15)16)13-9(14)4-8-3-2-7(11)5-12-8/h2-3,5-6H,4,11H2,1H3,(H,13,14)(H,15,16)/t6-/m1/s1. The smallest absolute Gasteiger partial charge is 0.325 e. The van der Waals surface area contributed by atoms with Crippen LogP contribution in [0.2, 0.25) is 0 Å². The van der Waals surface area contributed by atoms with Crippen LogP contribution in [0.3, 0.4) is 0 Å². The third kappa shape index (κ3) is 3.56. The maximum atomic E-state index is 11.4. The van der Waals surface area contributed by atoms with Gasteiger partial charge in [-0.3, -0.25) is 14.6 Å². The van der Waals surface area contributed by atoms with Crippen LogP contribution < -0.4 is 11.1 Å². The fraction of sp³-hybridized carbons (Fsp3) is 0.300. The van der Waals surface area contributed by atoms with Gasteiger partial charge >= 0.3 is 5.97 Å². The molecule has 1 aromatic heterocycles. The largest absolute Gasteiger partial charge is 0.480 e. The number of aliphatic carboxylic acids is 1. The second-order valence-corrected chi connectivity index (χ2v) is 3.39. The third-order valence-electron chi connectivity index (χ3n) is 1.94. The average Bonchev–Trinajstić information content (AvgIpc) is 2.21. The maximum absolute atomic E-state index is 11.4. The summed E-state index contributed by atoms with van der Waals surface area (Å²) in [5.74, 6) is -1.45. The van der Waals surface area contributed by atoms with Crippen molar-refractivity contribution in [2.75, 3.05) is 5.73 Å². The Hall–Kier alpha value is -2.11. The topological polar surface area (TPSA) is 105 Å². The highest BCUT2D eigenvalue weighted by atomic mass is 16.4. The van der Waals surface area contributed by atoms with Crippen LogP contribution in [-0.2, 0) is 16.0 Å². The quantitative estimate of drug-likeness (QED) is 0.655. The number of hydrogen-bond acceptors (Lipinski definition) is 4. The van der Waals surface area contributed by atoms with Crippen molar-refractivity contribution >= 4 is 17.6 Å². The van der Waals surface area contributed by atoms with Crippen molar-refractivity contribution in [3.8, 4) is 0 Å². The fourth-order valence-corrected chi connectivity index (χ4v) is 1.06. The van der Waals surface area contributed by atoms with Crippen molar-refractivity contribution in [1.82, 2.24) is 10.3 Å². The number of nitrogens with two attached hydrogens (primary N) is 1. The van der Waals surface area contributed by atoms with E-state index in [1.165, 1.54) is 13.1 Å². The Bertz CT molecular complexity index is 389. The molecule has 1 aromatic rings. The van der Waals surface area contributed by atoms with Crippen LogP contribution in [0.25, 0.3) is 0 Å². The van der Waals surface area contributed by atoms with Crippen molar-refractivity contribution < 1.29 is 14.7 Å². The first-order valence-electron chi connectivity index (χ1n) is 4.71. The van der Waals surface area contributed by atoms with Crippen LogP contribution in [0.4, 0.5) is 5.69 Å². The zero-order valence-corrected chi connectivity index (χ0v) is 8.80. The number of pyridine rings is 1. The summed E-state index contributed by atoms with van der Waals surface area (Å²) in [5, 5.41) is 10.9. The predicted octanol–water partition coefficient (Wildman–Crippen LogP) is -0.204. The number of aromatic nitrogens is 1. The van der Waals surface area contributed by atoms with Crippen molar-refractivity contribution in [1.29, 1.82) is 0 Å². The molecule has 1 atom stereocenters. The van der Waals surface area contributed by atoms with Gasteiger partial charge in [0.25, 0.3) is 0 Å². The van der Waals surface area contributed by atoms with E-state index in [0.29, 0.717) is 11.4 Å². The van der Waals surface area contributed by atoms with E-state index >= 15 is 0 Å². The summed E-state index contributed by atoms with van der Waals surface area (Å²) in [7, 11) is 0. The van der Waals surface area contributed by atoms with Crippen molar-refractivity contribution in [2.45, 2.75) is 19.4 Å². The van der Waals surface area contributed by atoms with Gasteiger partial charge in [0.1, 0.15) is 6.04 Å². The zero-order valence-electron chi connectivity index (χ0n) is 8.80. The Morgan fingerprint density at radius 3 is 2.75 bits per heavy atom. The maximum Gasteiger partial charge on any atom is 0.325 e. The van der Waals surface area contributed by atoms with Gasteiger partial charge in [-0.25, -0.2) is 0 Å². The molecule has 0 aliphatic carbocycles. The molecule has 86 valence electrons. The summed E-state index contributed by atoms with van der Waals surface area (Å²) in [6, 6.07) is 2.36. The normalized spacial score (nSPS) is 11.8. The number of nitrogens with zero attached hydrogens (tertiary/aromatic N) is 1. The molecule has 0 unspecified atom stereocenters. The van der Waals surface area contributed by atoms with E-state index in [9.17, 15) is 9.59 Å². The lowest BCUT2D eigenvalue weighted by molar-refractivity contribution is -0.141. The van der Waals surface area contributed by atoms with Crippen LogP contribution in [0.15, 0.2) is 18.3 Å². The molecule has 0 saturated heterocycles. The van der Waals surface area contributed by atoms with Gasteiger partial charge < -0.3 is 16.2 Å². The number of nitrogens with one attached hydrogen (secondary N) is 1. The number of amides is 1. The monoisotopic (exact) mass is 223 g/mol. The van der Waals surface area contributed by atoms with Gasteiger partial charge in [0, 0.05) is 5.69 Å². The van der Waals surface area contributed by atoms with E-state index in [-0.39, 0.29) is 12.3 Å². The predicted molar refractivity (Wildman–Crippen MR) is 57.6 cm³/mol. The molecule has 0 spiro atoms. The number of rotatable bonds is 4. The summed E-state index contributed by atoms with van der Waals surface area (Å²) in [4.78, 5) is 25.8. The Kier molecular flexibility index (Phi) is 3.82. The molecule has 0 radical (unpaired) electrons. The lowest BCUT2D eigenvalue weighted by Gasteiger charge is -2.08. The fourth-order valence-electron chi connectivity index (χ4n) is 1.06. The Morgan fingerprint density at radius 2 is 2.25 bits per heavy atom. The first-order chi connectivity index (χ1) is 7.49. The van der Waals surface area contributed by atoms with Gasteiger partial charge in [-0.1, -0.05) is 0 Å². The number of carbonyl (C=O) groups is 2. The molecule has 0 fully saturated rings. The van der Waals surface area contributed by atoms with E-state index < -0.39 is 12.0 Å². The molecule has 16 heavy (non-hydrogen) atoms. The lowest BCUT2D eigenvalue weighted by atomic mass is 10.2. The summed E-state index contributed by atoms with van der Waals surface area (Å²) in [5.41, 5.74) is 6.50. The molecule has 1 rings (SSSR count). The summed E-state index contributed by atoms with van der Waals surface area (Å²) in [6.07, 6.45) is 1.49. The summed E-state index contributed by atoms with van der Waals surface area (Å²) in [6.45, 7) is 1.40. The minimum atomic E-state index is -1.07. The minimum absolute atomic E-state index is 0.0396. The Balaban J connectivity index is 2.52. The van der Waals surface area contributed by atoms with Gasteiger partial charge in [-0.05, 0) is 19.1 Å². The van der Waals surface area contributed by atoms with Gasteiger partial charge in [0.2, 0.25) is 5.91 Å². The minimum Gasteiger partial charge on any atom is -0.480 e. The number of carboxylic acids is 1. The molecule has 0 aliphatic heterocycles. The van der Waals surface area contributed by atoms with Crippen molar-refractivity contribution in [2.24, 2.45) is 0 Å². The van der Waals surface area contributed by atoms with Crippen LogP contribution >= 0.6 is 0 Å². The molecule has 0 aliphatic rings. The molecule has 4 N–H and O–H groups in total. The molecule has 0 saturated carbocycles. The molecule has 0 aromatic carbocycles. The SMILES string of the molecule is C[C@@H](NC(=O)Cc1ccc(N)cn1)C(=O)O. The molecule has 6 nitrogen and oxygen atoms in total. The number of carboxylic acid groups (broad SMARTS) is 1. The lowest BCUT2D eigenvalue weighted by Crippen LogP contribution is -2.39. The zero-order chi connectivity index (χ0) is 12.1. The molecular weight excluding hydrogens is 210 g/mol. The highest BCUT2D eigenvalue weighted by Crippen LogP contribution is 2.01.